The highest BCUT2D eigenvalue weighted by atomic mass is 15.1. The van der Waals surface area contributed by atoms with Crippen molar-refractivity contribution in [2.24, 2.45) is 0 Å². The summed E-state index contributed by atoms with van der Waals surface area (Å²) in [5.74, 6) is 0. The molecule has 1 heterocycles. The predicted molar refractivity (Wildman–Crippen MR) is 76.8 cm³/mol. The van der Waals surface area contributed by atoms with Crippen LogP contribution in [0.25, 0.3) is 0 Å². The first kappa shape index (κ1) is 12.9. The minimum absolute atomic E-state index is 0.520. The number of hydrogen-bond acceptors (Lipinski definition) is 4. The Bertz CT molecular complexity index is 587. The van der Waals surface area contributed by atoms with Crippen LogP contribution >= 0.6 is 0 Å². The number of pyridine rings is 1. The van der Waals surface area contributed by atoms with Gasteiger partial charge in [0.15, 0.2) is 0 Å². The molecular weight excluding hydrogens is 236 g/mol. The number of nitrogen functional groups attached to an aromatic ring is 1. The summed E-state index contributed by atoms with van der Waals surface area (Å²) in [5.41, 5.74) is 9.14. The van der Waals surface area contributed by atoms with Gasteiger partial charge in [0.2, 0.25) is 0 Å². The zero-order chi connectivity index (χ0) is 13.7. The van der Waals surface area contributed by atoms with Crippen LogP contribution < -0.4 is 10.6 Å². The lowest BCUT2D eigenvalue weighted by Gasteiger charge is -2.20. The number of nitriles is 1. The Balaban J connectivity index is 2.02. The molecule has 0 unspecified atom stereocenters. The molecule has 0 fully saturated rings. The Morgan fingerprint density at radius 3 is 2.63 bits per heavy atom. The molecule has 2 N–H and O–H groups in total. The number of benzene rings is 1. The lowest BCUT2D eigenvalue weighted by Crippen LogP contribution is -2.20. The van der Waals surface area contributed by atoms with Crippen LogP contribution in [0, 0.1) is 11.3 Å². The number of nitrogens with two attached hydrogens (primary N) is 1. The van der Waals surface area contributed by atoms with Gasteiger partial charge in [-0.05, 0) is 42.3 Å². The first-order valence-corrected chi connectivity index (χ1v) is 6.10. The molecule has 0 radical (unpaired) electrons. The van der Waals surface area contributed by atoms with Crippen molar-refractivity contribution in [1.82, 2.24) is 4.98 Å². The molecule has 0 saturated carbocycles. The second-order valence-electron chi connectivity index (χ2n) is 4.41. The van der Waals surface area contributed by atoms with Gasteiger partial charge in [-0.15, -0.1) is 0 Å². The van der Waals surface area contributed by atoms with Gasteiger partial charge in [0.05, 0.1) is 11.3 Å². The normalized spacial score (nSPS) is 9.89. The second-order valence-corrected chi connectivity index (χ2v) is 4.41. The van der Waals surface area contributed by atoms with Gasteiger partial charge < -0.3 is 10.6 Å². The molecule has 0 spiro atoms. The van der Waals surface area contributed by atoms with Crippen molar-refractivity contribution in [3.05, 3.63) is 53.9 Å². The van der Waals surface area contributed by atoms with Gasteiger partial charge in [-0.2, -0.15) is 5.26 Å². The standard InChI is InChI=1S/C15H16N4/c1-19(9-6-12-4-7-18-8-5-12)14-3-2-13(11-16)15(17)10-14/h2-5,7-8,10H,6,9,17H2,1H3. The molecule has 0 amide bonds. The molecule has 0 atom stereocenters. The van der Waals surface area contributed by atoms with Crippen LogP contribution in [0.15, 0.2) is 42.7 Å². The molecule has 0 aliphatic heterocycles. The third-order valence-corrected chi connectivity index (χ3v) is 3.08. The van der Waals surface area contributed by atoms with E-state index < -0.39 is 0 Å². The highest BCUT2D eigenvalue weighted by molar-refractivity contribution is 5.63. The zero-order valence-electron chi connectivity index (χ0n) is 10.9. The van der Waals surface area contributed by atoms with Crippen molar-refractivity contribution in [2.45, 2.75) is 6.42 Å². The van der Waals surface area contributed by atoms with Crippen molar-refractivity contribution in [2.75, 3.05) is 24.2 Å². The van der Waals surface area contributed by atoms with E-state index in [1.54, 1.807) is 18.5 Å². The number of rotatable bonds is 4. The van der Waals surface area contributed by atoms with E-state index in [1.807, 2.05) is 31.3 Å². The van der Waals surface area contributed by atoms with E-state index in [-0.39, 0.29) is 0 Å². The van der Waals surface area contributed by atoms with Gasteiger partial charge in [-0.3, -0.25) is 4.98 Å². The Labute approximate surface area is 113 Å². The lowest BCUT2D eigenvalue weighted by molar-refractivity contribution is 0.875. The first-order chi connectivity index (χ1) is 9.20. The van der Waals surface area contributed by atoms with Crippen molar-refractivity contribution in [3.63, 3.8) is 0 Å². The van der Waals surface area contributed by atoms with Crippen LogP contribution in [-0.2, 0) is 6.42 Å². The summed E-state index contributed by atoms with van der Waals surface area (Å²) >= 11 is 0. The lowest BCUT2D eigenvalue weighted by atomic mass is 10.1. The Hall–Kier alpha value is -2.54. The van der Waals surface area contributed by atoms with Gasteiger partial charge in [0.1, 0.15) is 6.07 Å². The minimum Gasteiger partial charge on any atom is -0.398 e. The average molecular weight is 252 g/mol. The van der Waals surface area contributed by atoms with E-state index in [0.717, 1.165) is 18.7 Å². The van der Waals surface area contributed by atoms with Crippen LogP contribution in [0.1, 0.15) is 11.1 Å². The van der Waals surface area contributed by atoms with Crippen molar-refractivity contribution >= 4 is 11.4 Å². The van der Waals surface area contributed by atoms with E-state index in [2.05, 4.69) is 16.0 Å². The van der Waals surface area contributed by atoms with Crippen LogP contribution in [0.4, 0.5) is 11.4 Å². The van der Waals surface area contributed by atoms with E-state index >= 15 is 0 Å². The highest BCUT2D eigenvalue weighted by Gasteiger charge is 2.04. The maximum atomic E-state index is 8.85. The molecule has 0 aliphatic rings. The molecule has 0 saturated heterocycles. The maximum absolute atomic E-state index is 8.85. The number of likely N-dealkylation sites (N-methyl/N-ethyl adjacent to an activating group) is 1. The van der Waals surface area contributed by atoms with Crippen molar-refractivity contribution in [3.8, 4) is 6.07 Å². The summed E-state index contributed by atoms with van der Waals surface area (Å²) in [6.07, 6.45) is 4.54. The first-order valence-electron chi connectivity index (χ1n) is 6.10. The van der Waals surface area contributed by atoms with Gasteiger partial charge in [-0.1, -0.05) is 0 Å². The largest absolute Gasteiger partial charge is 0.398 e. The summed E-state index contributed by atoms with van der Waals surface area (Å²) in [4.78, 5) is 6.12. The molecule has 96 valence electrons. The highest BCUT2D eigenvalue weighted by Crippen LogP contribution is 2.20. The molecule has 1 aromatic carbocycles. The summed E-state index contributed by atoms with van der Waals surface area (Å²) in [6.45, 7) is 0.884. The Kier molecular flexibility index (Phi) is 3.99. The number of anilines is 2. The SMILES string of the molecule is CN(CCc1ccncc1)c1ccc(C#N)c(N)c1. The fourth-order valence-corrected chi connectivity index (χ4v) is 1.86. The maximum Gasteiger partial charge on any atom is 0.101 e. The predicted octanol–water partition coefficient (Wildman–Crippen LogP) is 2.21. The quantitative estimate of drug-likeness (QED) is 0.847. The van der Waals surface area contributed by atoms with E-state index in [9.17, 15) is 0 Å². The van der Waals surface area contributed by atoms with Gasteiger partial charge in [-0.25, -0.2) is 0 Å². The molecule has 2 aromatic rings. The minimum atomic E-state index is 0.520. The van der Waals surface area contributed by atoms with Gasteiger partial charge in [0.25, 0.3) is 0 Å². The average Bonchev–Trinajstić information content (AvgIpc) is 2.45. The van der Waals surface area contributed by atoms with E-state index in [4.69, 9.17) is 11.0 Å². The van der Waals surface area contributed by atoms with Gasteiger partial charge in [0, 0.05) is 31.7 Å². The third kappa shape index (κ3) is 3.23. The van der Waals surface area contributed by atoms with Crippen LogP contribution in [0.5, 0.6) is 0 Å². The summed E-state index contributed by atoms with van der Waals surface area (Å²) in [6, 6.07) is 11.6. The Morgan fingerprint density at radius 1 is 1.26 bits per heavy atom. The van der Waals surface area contributed by atoms with E-state index in [0.29, 0.717) is 11.3 Å². The molecule has 0 aliphatic carbocycles. The molecule has 4 nitrogen and oxygen atoms in total. The van der Waals surface area contributed by atoms with Crippen molar-refractivity contribution in [1.29, 1.82) is 5.26 Å². The van der Waals surface area contributed by atoms with Crippen LogP contribution in [-0.4, -0.2) is 18.6 Å². The van der Waals surface area contributed by atoms with Crippen LogP contribution in [0.3, 0.4) is 0 Å². The fourth-order valence-electron chi connectivity index (χ4n) is 1.86. The molecule has 0 bridgehead atoms. The number of aromatic nitrogens is 1. The third-order valence-electron chi connectivity index (χ3n) is 3.08. The molecule has 19 heavy (non-hydrogen) atoms. The molecule has 2 rings (SSSR count). The zero-order valence-corrected chi connectivity index (χ0v) is 10.9. The second kappa shape index (κ2) is 5.87. The number of nitrogens with zero attached hydrogens (tertiary/aromatic N) is 3. The summed E-state index contributed by atoms with van der Waals surface area (Å²) in [7, 11) is 2.02. The number of hydrogen-bond donors (Lipinski definition) is 1. The van der Waals surface area contributed by atoms with E-state index in [1.165, 1.54) is 5.56 Å². The van der Waals surface area contributed by atoms with Crippen LogP contribution in [0.2, 0.25) is 0 Å². The molecule has 1 aromatic heterocycles. The fraction of sp³-hybridized carbons (Fsp3) is 0.200. The monoisotopic (exact) mass is 252 g/mol. The molecular formula is C15H16N4. The molecule has 4 heteroatoms. The Morgan fingerprint density at radius 2 is 2.00 bits per heavy atom. The van der Waals surface area contributed by atoms with Gasteiger partial charge >= 0.3 is 0 Å². The summed E-state index contributed by atoms with van der Waals surface area (Å²) in [5, 5.41) is 8.85. The van der Waals surface area contributed by atoms with Crippen molar-refractivity contribution < 1.29 is 0 Å². The smallest absolute Gasteiger partial charge is 0.101 e. The topological polar surface area (TPSA) is 65.9 Å². The summed E-state index contributed by atoms with van der Waals surface area (Å²) < 4.78 is 0.